The van der Waals surface area contributed by atoms with Gasteiger partial charge >= 0.3 is 6.03 Å². The Balaban J connectivity index is 1.88. The molecular formula is C20H17Cl2N7O3. The van der Waals surface area contributed by atoms with Crippen LogP contribution in [0.2, 0.25) is 10.0 Å². The molecule has 1 heterocycles. The minimum atomic E-state index is -0.649. The zero-order valence-corrected chi connectivity index (χ0v) is 18.4. The number of nitrogens with one attached hydrogen (secondary N) is 3. The van der Waals surface area contributed by atoms with Gasteiger partial charge in [0.25, 0.3) is 11.6 Å². The number of hydrogen-bond donors (Lipinski definition) is 3. The number of rotatable bonds is 4. The molecule has 0 fully saturated rings. The first-order valence-electron chi connectivity index (χ1n) is 9.15. The number of benzene rings is 2. The fourth-order valence-corrected chi connectivity index (χ4v) is 2.92. The summed E-state index contributed by atoms with van der Waals surface area (Å²) in [5.41, 5.74) is 1.97. The van der Waals surface area contributed by atoms with Crippen molar-refractivity contribution in [1.82, 2.24) is 15.3 Å². The topological polar surface area (TPSA) is 134 Å². The SMILES string of the molecule is Cc1cc(C)nc(/N=C(/NC(=O)Nc2ccc(Cl)c(Cl)c2)Nc2cccc([N+](=O)[O-])c2)n1. The van der Waals surface area contributed by atoms with Crippen LogP contribution in [0.3, 0.4) is 0 Å². The Morgan fingerprint density at radius 3 is 2.31 bits per heavy atom. The van der Waals surface area contributed by atoms with Gasteiger partial charge in [-0.15, -0.1) is 0 Å². The Morgan fingerprint density at radius 2 is 1.66 bits per heavy atom. The van der Waals surface area contributed by atoms with Crippen LogP contribution in [0.4, 0.5) is 27.8 Å². The molecule has 0 aliphatic heterocycles. The molecule has 0 saturated carbocycles. The van der Waals surface area contributed by atoms with Crippen LogP contribution in [0.1, 0.15) is 11.4 Å². The Hall–Kier alpha value is -3.76. The predicted octanol–water partition coefficient (Wildman–Crippen LogP) is 5.23. The van der Waals surface area contributed by atoms with Crippen LogP contribution in [0.15, 0.2) is 53.5 Å². The minimum Gasteiger partial charge on any atom is -0.325 e. The number of guanidine groups is 1. The second-order valence-electron chi connectivity index (χ2n) is 6.55. The molecule has 32 heavy (non-hydrogen) atoms. The first-order chi connectivity index (χ1) is 15.2. The third-order valence-corrected chi connectivity index (χ3v) is 4.65. The van der Waals surface area contributed by atoms with Gasteiger partial charge in [0.15, 0.2) is 0 Å². The molecule has 0 aliphatic carbocycles. The number of aliphatic imine (C=N–C) groups is 1. The average molecular weight is 474 g/mol. The normalized spacial score (nSPS) is 11.1. The van der Waals surface area contributed by atoms with E-state index in [1.54, 1.807) is 38.1 Å². The summed E-state index contributed by atoms with van der Waals surface area (Å²) in [5.74, 6) is 0.0540. The fraction of sp³-hybridized carbons (Fsp3) is 0.100. The number of hydrogen-bond acceptors (Lipinski definition) is 6. The van der Waals surface area contributed by atoms with Crippen LogP contribution in [-0.2, 0) is 0 Å². The number of nitro groups is 1. The van der Waals surface area contributed by atoms with E-state index in [0.29, 0.717) is 27.8 Å². The minimum absolute atomic E-state index is 0.0481. The molecule has 3 aromatic rings. The molecule has 1 aromatic heterocycles. The van der Waals surface area contributed by atoms with Crippen molar-refractivity contribution in [2.75, 3.05) is 10.6 Å². The van der Waals surface area contributed by atoms with E-state index in [0.717, 1.165) is 0 Å². The molecule has 0 bridgehead atoms. The number of aryl methyl sites for hydroxylation is 2. The summed E-state index contributed by atoms with van der Waals surface area (Å²) in [4.78, 5) is 35.8. The van der Waals surface area contributed by atoms with Crippen molar-refractivity contribution in [2.24, 2.45) is 4.99 Å². The van der Waals surface area contributed by atoms with E-state index < -0.39 is 11.0 Å². The summed E-state index contributed by atoms with van der Waals surface area (Å²) in [6.07, 6.45) is 0. The highest BCUT2D eigenvalue weighted by Crippen LogP contribution is 2.25. The van der Waals surface area contributed by atoms with Crippen LogP contribution in [-0.4, -0.2) is 26.9 Å². The fourth-order valence-electron chi connectivity index (χ4n) is 2.62. The number of carbonyl (C=O) groups excluding carboxylic acids is 1. The monoisotopic (exact) mass is 473 g/mol. The highest BCUT2D eigenvalue weighted by Gasteiger charge is 2.12. The van der Waals surface area contributed by atoms with Crippen LogP contribution in [0.5, 0.6) is 0 Å². The van der Waals surface area contributed by atoms with Crippen LogP contribution < -0.4 is 16.0 Å². The molecule has 0 saturated heterocycles. The first kappa shape index (κ1) is 22.9. The van der Waals surface area contributed by atoms with Crippen LogP contribution >= 0.6 is 23.2 Å². The number of anilines is 2. The van der Waals surface area contributed by atoms with Crippen molar-refractivity contribution in [2.45, 2.75) is 13.8 Å². The van der Waals surface area contributed by atoms with Gasteiger partial charge in [0.2, 0.25) is 5.96 Å². The van der Waals surface area contributed by atoms with Crippen molar-refractivity contribution in [3.8, 4) is 0 Å². The lowest BCUT2D eigenvalue weighted by atomic mass is 10.3. The summed E-state index contributed by atoms with van der Waals surface area (Å²) < 4.78 is 0. The maximum atomic E-state index is 12.5. The highest BCUT2D eigenvalue weighted by molar-refractivity contribution is 6.42. The van der Waals surface area contributed by atoms with Gasteiger partial charge in [-0.05, 0) is 44.2 Å². The first-order valence-corrected chi connectivity index (χ1v) is 9.91. The molecule has 10 nitrogen and oxygen atoms in total. The predicted molar refractivity (Wildman–Crippen MR) is 124 cm³/mol. The second-order valence-corrected chi connectivity index (χ2v) is 7.37. The summed E-state index contributed by atoms with van der Waals surface area (Å²) in [6, 6.07) is 11.5. The van der Waals surface area contributed by atoms with Gasteiger partial charge in [-0.3, -0.25) is 15.4 Å². The molecule has 12 heteroatoms. The lowest BCUT2D eigenvalue weighted by Gasteiger charge is -2.13. The van der Waals surface area contributed by atoms with E-state index in [4.69, 9.17) is 23.2 Å². The zero-order valence-electron chi connectivity index (χ0n) is 16.9. The van der Waals surface area contributed by atoms with E-state index in [1.165, 1.54) is 24.3 Å². The smallest absolute Gasteiger partial charge is 0.325 e. The molecule has 0 unspecified atom stereocenters. The Morgan fingerprint density at radius 1 is 0.969 bits per heavy atom. The summed E-state index contributed by atoms with van der Waals surface area (Å²) in [6.45, 7) is 3.57. The van der Waals surface area contributed by atoms with Gasteiger partial charge in [-0.25, -0.2) is 14.8 Å². The Labute approximate surface area is 192 Å². The molecule has 3 N–H and O–H groups in total. The summed E-state index contributed by atoms with van der Waals surface area (Å²) in [7, 11) is 0. The number of non-ortho nitro benzene ring substituents is 1. The molecule has 0 atom stereocenters. The van der Waals surface area contributed by atoms with Crippen molar-refractivity contribution in [1.29, 1.82) is 0 Å². The molecule has 0 spiro atoms. The molecule has 0 radical (unpaired) electrons. The maximum Gasteiger partial charge on any atom is 0.326 e. The maximum absolute atomic E-state index is 12.5. The summed E-state index contributed by atoms with van der Waals surface area (Å²) >= 11 is 11.9. The molecule has 2 aromatic carbocycles. The van der Waals surface area contributed by atoms with E-state index in [-0.39, 0.29) is 22.6 Å². The number of carbonyl (C=O) groups is 1. The Kier molecular flexibility index (Phi) is 7.18. The van der Waals surface area contributed by atoms with E-state index >= 15 is 0 Å². The van der Waals surface area contributed by atoms with Gasteiger partial charge < -0.3 is 10.6 Å². The Bertz CT molecular complexity index is 1200. The average Bonchev–Trinajstić information content (AvgIpc) is 2.70. The number of nitro benzene ring substituents is 1. The lowest BCUT2D eigenvalue weighted by Crippen LogP contribution is -2.38. The molecule has 164 valence electrons. The largest absolute Gasteiger partial charge is 0.326 e. The third kappa shape index (κ3) is 6.37. The number of urea groups is 1. The summed E-state index contributed by atoms with van der Waals surface area (Å²) in [5, 5.41) is 19.7. The van der Waals surface area contributed by atoms with Gasteiger partial charge in [0.1, 0.15) is 0 Å². The number of amides is 2. The number of nitrogens with zero attached hydrogens (tertiary/aromatic N) is 4. The quantitative estimate of drug-likeness (QED) is 0.205. The molecule has 3 rings (SSSR count). The van der Waals surface area contributed by atoms with Gasteiger partial charge in [0, 0.05) is 34.9 Å². The van der Waals surface area contributed by atoms with Crippen molar-refractivity contribution in [3.05, 3.63) is 80.1 Å². The van der Waals surface area contributed by atoms with Crippen molar-refractivity contribution < 1.29 is 9.72 Å². The van der Waals surface area contributed by atoms with Gasteiger partial charge in [0.05, 0.1) is 15.0 Å². The number of halogens is 2. The van der Waals surface area contributed by atoms with Gasteiger partial charge in [-0.1, -0.05) is 29.3 Å². The van der Waals surface area contributed by atoms with Gasteiger partial charge in [-0.2, -0.15) is 4.99 Å². The third-order valence-electron chi connectivity index (χ3n) is 3.91. The van der Waals surface area contributed by atoms with Crippen LogP contribution in [0, 0.1) is 24.0 Å². The van der Waals surface area contributed by atoms with E-state index in [1.807, 2.05) is 0 Å². The second kappa shape index (κ2) is 10.0. The molecule has 2 amide bonds. The zero-order chi connectivity index (χ0) is 23.3. The molecular weight excluding hydrogens is 457 g/mol. The lowest BCUT2D eigenvalue weighted by molar-refractivity contribution is -0.384. The van der Waals surface area contributed by atoms with Crippen molar-refractivity contribution >= 4 is 58.2 Å². The molecule has 0 aliphatic rings. The van der Waals surface area contributed by atoms with E-state index in [9.17, 15) is 14.9 Å². The van der Waals surface area contributed by atoms with Crippen LogP contribution in [0.25, 0.3) is 0 Å². The standard InChI is InChI=1S/C20H17Cl2N7O3/c1-11-8-12(2)24-18(23-11)27-19(25-13-4-3-5-15(9-13)29(31)32)28-20(30)26-14-6-7-16(21)17(22)10-14/h3-10H,1-2H3,(H3,23,24,25,26,27,28,30). The number of aromatic nitrogens is 2. The highest BCUT2D eigenvalue weighted by atomic mass is 35.5. The van der Waals surface area contributed by atoms with Crippen molar-refractivity contribution in [3.63, 3.8) is 0 Å². The van der Waals surface area contributed by atoms with E-state index in [2.05, 4.69) is 30.9 Å².